The van der Waals surface area contributed by atoms with Gasteiger partial charge < -0.3 is 29.5 Å². The van der Waals surface area contributed by atoms with Gasteiger partial charge in [-0.05, 0) is 18.7 Å². The largest absolute Gasteiger partial charge is 0.394 e. The molecule has 1 aromatic heterocycles. The molecule has 0 unspecified atom stereocenters. The molecular formula is C13H21N2O8PS. The first-order chi connectivity index (χ1) is 11.5. The average Bonchev–Trinajstić information content (AvgIpc) is 2.83. The van der Waals surface area contributed by atoms with Gasteiger partial charge in [-0.25, -0.2) is 4.79 Å². The summed E-state index contributed by atoms with van der Waals surface area (Å²) in [6.07, 6.45) is -0.618. The number of nitrogens with one attached hydrogen (secondary N) is 1. The first kappa shape index (κ1) is 20.4. The Bertz CT molecular complexity index is 804. The van der Waals surface area contributed by atoms with Gasteiger partial charge in [-0.2, -0.15) is 0 Å². The van der Waals surface area contributed by atoms with Crippen molar-refractivity contribution in [3.05, 3.63) is 32.6 Å². The fourth-order valence-corrected chi connectivity index (χ4v) is 4.44. The molecule has 2 heterocycles. The van der Waals surface area contributed by atoms with Crippen molar-refractivity contribution in [3.63, 3.8) is 0 Å². The Hall–Kier alpha value is -0.910. The van der Waals surface area contributed by atoms with Crippen molar-refractivity contribution in [2.75, 3.05) is 20.3 Å². The number of aliphatic hydroxyl groups is 2. The van der Waals surface area contributed by atoms with Crippen molar-refractivity contribution in [2.45, 2.75) is 36.9 Å². The average molecular weight is 396 g/mol. The van der Waals surface area contributed by atoms with Crippen LogP contribution in [0.5, 0.6) is 0 Å². The first-order valence-corrected chi connectivity index (χ1v) is 10.1. The molecule has 3 atom stereocenters. The number of aliphatic hydroxyl groups excluding tert-OH is 1. The van der Waals surface area contributed by atoms with Crippen LogP contribution in [0.2, 0.25) is 0 Å². The summed E-state index contributed by atoms with van der Waals surface area (Å²) < 4.78 is 11.8. The topological polar surface area (TPSA) is 154 Å². The highest BCUT2D eigenvalue weighted by molar-refractivity contribution is 8.09. The molecule has 1 aliphatic rings. The molecule has 0 amide bonds. The molecular weight excluding hydrogens is 375 g/mol. The molecule has 0 radical (unpaired) electrons. The highest BCUT2D eigenvalue weighted by atomic mass is 32.5. The van der Waals surface area contributed by atoms with Gasteiger partial charge in [0, 0.05) is 31.7 Å². The number of aromatic nitrogens is 2. The molecule has 1 fully saturated rings. The zero-order valence-electron chi connectivity index (χ0n) is 13.7. The van der Waals surface area contributed by atoms with Gasteiger partial charge in [-0.15, -0.1) is 0 Å². The van der Waals surface area contributed by atoms with E-state index in [1.54, 1.807) is 0 Å². The Morgan fingerprint density at radius 3 is 2.64 bits per heavy atom. The minimum Gasteiger partial charge on any atom is -0.394 e. The molecule has 0 aliphatic carbocycles. The van der Waals surface area contributed by atoms with Crippen LogP contribution in [0.1, 0.15) is 18.4 Å². The van der Waals surface area contributed by atoms with Crippen molar-refractivity contribution in [3.8, 4) is 0 Å². The maximum Gasteiger partial charge on any atom is 0.330 e. The summed E-state index contributed by atoms with van der Waals surface area (Å²) in [5, 5.41) is 17.9. The van der Waals surface area contributed by atoms with E-state index in [1.165, 1.54) is 20.2 Å². The van der Waals surface area contributed by atoms with E-state index in [4.69, 9.17) is 9.47 Å². The van der Waals surface area contributed by atoms with Crippen molar-refractivity contribution in [1.82, 2.24) is 9.55 Å². The number of hydrogen-bond acceptors (Lipinski definition) is 7. The number of hydrogen-bond donors (Lipinski definition) is 5. The summed E-state index contributed by atoms with van der Waals surface area (Å²) in [4.78, 5) is 45.9. The van der Waals surface area contributed by atoms with Gasteiger partial charge in [-0.1, -0.05) is 0 Å². The van der Waals surface area contributed by atoms with E-state index >= 15 is 0 Å². The minimum absolute atomic E-state index is 0.0308. The number of ether oxygens (including phenoxy) is 2. The second-order valence-electron chi connectivity index (χ2n) is 6.02. The van der Waals surface area contributed by atoms with Gasteiger partial charge in [0.25, 0.3) is 5.56 Å². The van der Waals surface area contributed by atoms with Gasteiger partial charge in [0.05, 0.1) is 13.2 Å². The fraction of sp³-hybridized carbons (Fsp3) is 0.692. The molecule has 5 N–H and O–H groups in total. The summed E-state index contributed by atoms with van der Waals surface area (Å²) in [7, 11) is 1.42. The third kappa shape index (κ3) is 3.51. The van der Waals surface area contributed by atoms with Crippen molar-refractivity contribution in [1.29, 1.82) is 0 Å². The molecule has 1 aliphatic heterocycles. The van der Waals surface area contributed by atoms with E-state index in [9.17, 15) is 29.6 Å². The van der Waals surface area contributed by atoms with Crippen molar-refractivity contribution in [2.24, 2.45) is 0 Å². The number of H-pyrrole nitrogens is 1. The van der Waals surface area contributed by atoms with Gasteiger partial charge in [0.1, 0.15) is 6.10 Å². The van der Waals surface area contributed by atoms with Gasteiger partial charge >= 0.3 is 5.69 Å². The highest BCUT2D eigenvalue weighted by Gasteiger charge is 2.62. The van der Waals surface area contributed by atoms with Crippen LogP contribution in [0.4, 0.5) is 0 Å². The maximum atomic E-state index is 12.3. The number of aromatic amines is 1. The summed E-state index contributed by atoms with van der Waals surface area (Å²) in [6.45, 7) is -3.47. The lowest BCUT2D eigenvalue weighted by Crippen LogP contribution is -2.46. The van der Waals surface area contributed by atoms with Crippen LogP contribution in [0, 0.1) is 6.92 Å². The smallest absolute Gasteiger partial charge is 0.330 e. The molecule has 25 heavy (non-hydrogen) atoms. The molecule has 1 saturated heterocycles. The molecule has 2 rings (SSSR count). The Labute approximate surface area is 147 Å². The Morgan fingerprint density at radius 1 is 1.52 bits per heavy atom. The van der Waals surface area contributed by atoms with E-state index in [1.807, 2.05) is 0 Å². The number of nitrogens with zero attached hydrogens (tertiary/aromatic N) is 1. The number of methoxy groups -OCH3 is 1. The van der Waals surface area contributed by atoms with Crippen molar-refractivity contribution >= 4 is 18.3 Å². The Morgan fingerprint density at radius 2 is 2.16 bits per heavy atom. The van der Waals surface area contributed by atoms with E-state index in [0.717, 1.165) is 4.57 Å². The van der Waals surface area contributed by atoms with Crippen LogP contribution in [-0.2, 0) is 27.0 Å². The lowest BCUT2D eigenvalue weighted by molar-refractivity contribution is -0.133. The second kappa shape index (κ2) is 7.01. The van der Waals surface area contributed by atoms with E-state index in [0.29, 0.717) is 0 Å². The van der Waals surface area contributed by atoms with Crippen LogP contribution < -0.4 is 11.2 Å². The third-order valence-electron chi connectivity index (χ3n) is 4.34. The quantitative estimate of drug-likeness (QED) is 0.354. The number of rotatable bonds is 6. The summed E-state index contributed by atoms with van der Waals surface area (Å²) in [6, 6.07) is 0. The normalized spacial score (nSPS) is 29.9. The van der Waals surface area contributed by atoms with Gasteiger partial charge in [0.15, 0.2) is 11.1 Å². The fourth-order valence-electron chi connectivity index (χ4n) is 2.94. The minimum atomic E-state index is -4.29. The zero-order valence-corrected chi connectivity index (χ0v) is 15.4. The van der Waals surface area contributed by atoms with Crippen LogP contribution in [0.25, 0.3) is 0 Å². The summed E-state index contributed by atoms with van der Waals surface area (Å²) >= 11 is 4.65. The Balaban J connectivity index is 2.65. The third-order valence-corrected chi connectivity index (χ3v) is 6.74. The first-order valence-electron chi connectivity index (χ1n) is 7.39. The molecule has 12 heteroatoms. The van der Waals surface area contributed by atoms with E-state index in [-0.39, 0.29) is 18.6 Å². The summed E-state index contributed by atoms with van der Waals surface area (Å²) in [5.74, 6) is 0. The number of aryl methyl sites for hydroxylation is 1. The van der Waals surface area contributed by atoms with Crippen LogP contribution >= 0.6 is 6.49 Å². The molecule has 10 nitrogen and oxygen atoms in total. The molecule has 1 aromatic rings. The molecule has 0 spiro atoms. The lowest BCUT2D eigenvalue weighted by Gasteiger charge is -2.32. The van der Waals surface area contributed by atoms with Crippen LogP contribution in [0.15, 0.2) is 15.8 Å². The predicted molar refractivity (Wildman–Crippen MR) is 90.8 cm³/mol. The molecule has 0 aromatic carbocycles. The monoisotopic (exact) mass is 396 g/mol. The van der Waals surface area contributed by atoms with Crippen LogP contribution in [-0.4, -0.2) is 61.3 Å². The SMILES string of the molecule is COCC[C@]1(n2cc(C)c(=O)[nH]c2=O)C[C@@](O)(P(O)(O)=S)[C@@H](CO)O1. The predicted octanol–water partition coefficient (Wildman–Crippen LogP) is -1.70. The van der Waals surface area contributed by atoms with Crippen LogP contribution in [0.3, 0.4) is 0 Å². The lowest BCUT2D eigenvalue weighted by atomic mass is 10.0. The standard InChI is InChI=1S/C13H21N2O8PS/c1-8-5-15(11(18)14-10(8)17)12(3-4-22-2)7-13(19,24(20,21)25)9(6-16)23-12/h5,9,16,19H,3-4,6-7H2,1-2H3,(H,14,17,18)(H2,20,21,25)/t9-,12-,13-/m1/s1. The maximum absolute atomic E-state index is 12.3. The summed E-state index contributed by atoms with van der Waals surface area (Å²) in [5.41, 5.74) is -2.76. The van der Waals surface area contributed by atoms with E-state index in [2.05, 4.69) is 16.8 Å². The second-order valence-corrected chi connectivity index (χ2v) is 9.41. The molecule has 0 saturated carbocycles. The highest BCUT2D eigenvalue weighted by Crippen LogP contribution is 2.61. The van der Waals surface area contributed by atoms with E-state index < -0.39 is 47.9 Å². The van der Waals surface area contributed by atoms with Gasteiger partial charge in [-0.3, -0.25) is 14.3 Å². The van der Waals surface area contributed by atoms with Gasteiger partial charge in [0.2, 0.25) is 6.49 Å². The molecule has 0 bridgehead atoms. The Kier molecular flexibility index (Phi) is 5.72. The van der Waals surface area contributed by atoms with Crippen molar-refractivity contribution < 1.29 is 29.5 Å². The molecule has 142 valence electrons. The zero-order chi connectivity index (χ0) is 19.0.